The highest BCUT2D eigenvalue weighted by Crippen LogP contribution is 2.07. The minimum atomic E-state index is 0.229. The fraction of sp³-hybridized carbons (Fsp3) is 0.400. The van der Waals surface area contributed by atoms with E-state index in [4.69, 9.17) is 0 Å². The second kappa shape index (κ2) is 2.39. The molecule has 48 valence electrons. The molecule has 0 bridgehead atoms. The van der Waals surface area contributed by atoms with Gasteiger partial charge in [0.2, 0.25) is 5.82 Å². The third-order valence-electron chi connectivity index (χ3n) is 1.09. The van der Waals surface area contributed by atoms with Gasteiger partial charge in [-0.15, -0.1) is 4.91 Å². The number of nitrogens with zero attached hydrogens (tertiary/aromatic N) is 2. The maximum atomic E-state index is 9.80. The smallest absolute Gasteiger partial charge is 0.217 e. The lowest BCUT2D eigenvalue weighted by Crippen LogP contribution is -1.75. The summed E-state index contributed by atoms with van der Waals surface area (Å²) in [5, 5.41) is 8.91. The summed E-state index contributed by atoms with van der Waals surface area (Å²) in [5.41, 5.74) is 0.935. The molecule has 0 atom stereocenters. The van der Waals surface area contributed by atoms with E-state index in [0.717, 1.165) is 12.1 Å². The van der Waals surface area contributed by atoms with Gasteiger partial charge >= 0.3 is 0 Å². The maximum Gasteiger partial charge on any atom is 0.217 e. The van der Waals surface area contributed by atoms with Crippen molar-refractivity contribution in [3.63, 3.8) is 0 Å². The predicted octanol–water partition coefficient (Wildman–Crippen LogP) is 1.37. The zero-order valence-electron chi connectivity index (χ0n) is 5.09. The third-order valence-corrected chi connectivity index (χ3v) is 1.09. The highest BCUT2D eigenvalue weighted by Gasteiger charge is 1.95. The molecule has 0 amide bonds. The Hall–Kier alpha value is -1.19. The number of aryl methyl sites for hydroxylation is 1. The second-order valence-electron chi connectivity index (χ2n) is 1.70. The van der Waals surface area contributed by atoms with Crippen molar-refractivity contribution < 1.29 is 0 Å². The van der Waals surface area contributed by atoms with Gasteiger partial charge in [-0.1, -0.05) is 6.92 Å². The van der Waals surface area contributed by atoms with Crippen molar-refractivity contribution in [2.45, 2.75) is 13.3 Å². The third kappa shape index (κ3) is 1.13. The summed E-state index contributed by atoms with van der Waals surface area (Å²) in [6.45, 7) is 1.97. The maximum absolute atomic E-state index is 9.80. The van der Waals surface area contributed by atoms with Crippen LogP contribution in [0.3, 0.4) is 0 Å². The number of nitroso groups, excluding NO2 is 1. The Bertz CT molecular complexity index is 206. The molecule has 4 nitrogen and oxygen atoms in total. The number of aromatic amines is 1. The molecule has 0 aliphatic rings. The first-order valence-corrected chi connectivity index (χ1v) is 2.74. The molecule has 1 aromatic heterocycles. The summed E-state index contributed by atoms with van der Waals surface area (Å²) in [5.74, 6) is 0.229. The van der Waals surface area contributed by atoms with Crippen molar-refractivity contribution in [1.82, 2.24) is 10.2 Å². The number of H-pyrrole nitrogens is 1. The largest absolute Gasteiger partial charge is 0.280 e. The van der Waals surface area contributed by atoms with Gasteiger partial charge in [0.15, 0.2) is 0 Å². The molecule has 1 aromatic rings. The Balaban J connectivity index is 2.86. The SMILES string of the molecule is CCc1cc(N=O)n[nH]1. The van der Waals surface area contributed by atoms with Gasteiger partial charge in [-0.2, -0.15) is 5.10 Å². The normalized spacial score (nSPS) is 9.44. The summed E-state index contributed by atoms with van der Waals surface area (Å²) in [7, 11) is 0. The van der Waals surface area contributed by atoms with Crippen molar-refractivity contribution in [3.8, 4) is 0 Å². The van der Waals surface area contributed by atoms with Crippen molar-refractivity contribution in [1.29, 1.82) is 0 Å². The lowest BCUT2D eigenvalue weighted by atomic mass is 10.3. The number of hydrogen-bond acceptors (Lipinski definition) is 3. The highest BCUT2D eigenvalue weighted by molar-refractivity contribution is 5.27. The first-order chi connectivity index (χ1) is 4.36. The molecule has 0 saturated heterocycles. The molecule has 0 radical (unpaired) electrons. The van der Waals surface area contributed by atoms with Crippen molar-refractivity contribution in [3.05, 3.63) is 16.7 Å². The number of rotatable bonds is 2. The first kappa shape index (κ1) is 5.94. The Morgan fingerprint density at radius 2 is 2.67 bits per heavy atom. The van der Waals surface area contributed by atoms with Crippen LogP contribution in [0, 0.1) is 4.91 Å². The topological polar surface area (TPSA) is 58.1 Å². The van der Waals surface area contributed by atoms with Gasteiger partial charge in [0.05, 0.1) is 0 Å². The van der Waals surface area contributed by atoms with E-state index in [2.05, 4.69) is 15.4 Å². The van der Waals surface area contributed by atoms with Gasteiger partial charge in [-0.05, 0) is 11.6 Å². The molecular weight excluding hydrogens is 118 g/mol. The van der Waals surface area contributed by atoms with E-state index in [1.165, 1.54) is 0 Å². The van der Waals surface area contributed by atoms with Crippen LogP contribution in [-0.4, -0.2) is 10.2 Å². The molecule has 9 heavy (non-hydrogen) atoms. The summed E-state index contributed by atoms with van der Waals surface area (Å²) < 4.78 is 0. The van der Waals surface area contributed by atoms with Gasteiger partial charge in [0, 0.05) is 11.8 Å². The van der Waals surface area contributed by atoms with E-state index in [-0.39, 0.29) is 5.82 Å². The van der Waals surface area contributed by atoms with Gasteiger partial charge < -0.3 is 0 Å². The number of nitrogens with one attached hydrogen (secondary N) is 1. The van der Waals surface area contributed by atoms with Gasteiger partial charge in [0.25, 0.3) is 0 Å². The van der Waals surface area contributed by atoms with E-state index >= 15 is 0 Å². The quantitative estimate of drug-likeness (QED) is 0.607. The minimum Gasteiger partial charge on any atom is -0.280 e. The van der Waals surface area contributed by atoms with Crippen LogP contribution in [0.4, 0.5) is 5.82 Å². The number of hydrogen-bond donors (Lipinski definition) is 1. The molecule has 0 aromatic carbocycles. The van der Waals surface area contributed by atoms with Gasteiger partial charge in [-0.25, -0.2) is 0 Å². The van der Waals surface area contributed by atoms with E-state index in [1.807, 2.05) is 6.92 Å². The van der Waals surface area contributed by atoms with Crippen LogP contribution in [0.25, 0.3) is 0 Å². The van der Waals surface area contributed by atoms with E-state index in [1.54, 1.807) is 6.07 Å². The first-order valence-electron chi connectivity index (χ1n) is 2.74. The fourth-order valence-electron chi connectivity index (χ4n) is 0.577. The van der Waals surface area contributed by atoms with Gasteiger partial charge in [-0.3, -0.25) is 5.10 Å². The molecule has 0 unspecified atom stereocenters. The van der Waals surface area contributed by atoms with E-state index in [9.17, 15) is 4.91 Å². The Kier molecular flexibility index (Phi) is 1.58. The monoisotopic (exact) mass is 125 g/mol. The Labute approximate surface area is 52.3 Å². The molecule has 0 aliphatic carbocycles. The molecule has 1 heterocycles. The van der Waals surface area contributed by atoms with Crippen LogP contribution >= 0.6 is 0 Å². The highest BCUT2D eigenvalue weighted by atomic mass is 16.3. The zero-order valence-corrected chi connectivity index (χ0v) is 5.09. The van der Waals surface area contributed by atoms with Crippen molar-refractivity contribution >= 4 is 5.82 Å². The van der Waals surface area contributed by atoms with E-state index < -0.39 is 0 Å². The molecule has 4 heteroatoms. The molecule has 0 spiro atoms. The lowest BCUT2D eigenvalue weighted by molar-refractivity contribution is 0.973. The minimum absolute atomic E-state index is 0.229. The van der Waals surface area contributed by atoms with Crippen molar-refractivity contribution in [2.75, 3.05) is 0 Å². The standard InChI is InChI=1S/C5H7N3O/c1-2-4-3-5(8-9)7-6-4/h3H,2H2,1H3,(H,6,7). The Morgan fingerprint density at radius 1 is 1.89 bits per heavy atom. The van der Waals surface area contributed by atoms with Crippen molar-refractivity contribution in [2.24, 2.45) is 5.18 Å². The predicted molar refractivity (Wildman–Crippen MR) is 33.4 cm³/mol. The summed E-state index contributed by atoms with van der Waals surface area (Å²) in [4.78, 5) is 9.80. The van der Waals surface area contributed by atoms with E-state index in [0.29, 0.717) is 0 Å². The Morgan fingerprint density at radius 3 is 3.00 bits per heavy atom. The zero-order chi connectivity index (χ0) is 6.69. The lowest BCUT2D eigenvalue weighted by Gasteiger charge is -1.79. The van der Waals surface area contributed by atoms with Crippen LogP contribution < -0.4 is 0 Å². The molecule has 1 N–H and O–H groups in total. The summed E-state index contributed by atoms with van der Waals surface area (Å²) in [6, 6.07) is 1.63. The van der Waals surface area contributed by atoms with Crippen LogP contribution in [-0.2, 0) is 6.42 Å². The summed E-state index contributed by atoms with van der Waals surface area (Å²) in [6.07, 6.45) is 0.850. The summed E-state index contributed by atoms with van der Waals surface area (Å²) >= 11 is 0. The average molecular weight is 125 g/mol. The fourth-order valence-corrected chi connectivity index (χ4v) is 0.577. The molecular formula is C5H7N3O. The van der Waals surface area contributed by atoms with Crippen LogP contribution in [0.2, 0.25) is 0 Å². The molecule has 0 aliphatic heterocycles. The average Bonchev–Trinajstić information content (AvgIpc) is 2.34. The van der Waals surface area contributed by atoms with Crippen LogP contribution in [0.5, 0.6) is 0 Å². The number of aromatic nitrogens is 2. The van der Waals surface area contributed by atoms with Gasteiger partial charge in [0.1, 0.15) is 0 Å². The molecule has 0 fully saturated rings. The van der Waals surface area contributed by atoms with Crippen LogP contribution in [0.1, 0.15) is 12.6 Å². The second-order valence-corrected chi connectivity index (χ2v) is 1.70. The van der Waals surface area contributed by atoms with Crippen LogP contribution in [0.15, 0.2) is 11.2 Å². The molecule has 1 rings (SSSR count). The molecule has 0 saturated carbocycles.